The van der Waals surface area contributed by atoms with Gasteiger partial charge < -0.3 is 5.11 Å². The highest BCUT2D eigenvalue weighted by Crippen LogP contribution is 2.18. The van der Waals surface area contributed by atoms with E-state index >= 15 is 0 Å². The van der Waals surface area contributed by atoms with Gasteiger partial charge in [-0.25, -0.2) is 0 Å². The van der Waals surface area contributed by atoms with Crippen LogP contribution in [0.3, 0.4) is 0 Å². The topological polar surface area (TPSA) is 20.2 Å². The van der Waals surface area contributed by atoms with Crippen molar-refractivity contribution >= 4 is 11.6 Å². The summed E-state index contributed by atoms with van der Waals surface area (Å²) in [4.78, 5) is 0. The van der Waals surface area contributed by atoms with Crippen LogP contribution in [0, 0.1) is 5.92 Å². The Hall–Kier alpha value is 0.250. The molecule has 2 unspecified atom stereocenters. The number of alkyl halides is 1. The van der Waals surface area contributed by atoms with E-state index in [9.17, 15) is 0 Å². The van der Waals surface area contributed by atoms with E-state index in [0.29, 0.717) is 12.3 Å². The van der Waals surface area contributed by atoms with Crippen molar-refractivity contribution in [3.8, 4) is 0 Å². The highest BCUT2D eigenvalue weighted by atomic mass is 35.5. The number of rotatable bonds is 4. The number of halogens is 1. The summed E-state index contributed by atoms with van der Waals surface area (Å²) in [6, 6.07) is 0. The van der Waals surface area contributed by atoms with Gasteiger partial charge in [-0.3, -0.25) is 0 Å². The summed E-state index contributed by atoms with van der Waals surface area (Å²) < 4.78 is 0. The minimum atomic E-state index is -0.267. The molecule has 2 heteroatoms. The van der Waals surface area contributed by atoms with E-state index in [-0.39, 0.29) is 11.5 Å². The maximum absolute atomic E-state index is 8.98. The van der Waals surface area contributed by atoms with Crippen LogP contribution in [0.25, 0.3) is 0 Å². The van der Waals surface area contributed by atoms with Crippen molar-refractivity contribution in [2.75, 3.05) is 0 Å². The lowest BCUT2D eigenvalue weighted by Crippen LogP contribution is -2.16. The quantitative estimate of drug-likeness (QED) is 0.633. The number of hydrogen-bond acceptors (Lipinski definition) is 1. The van der Waals surface area contributed by atoms with Crippen LogP contribution in [-0.2, 0) is 0 Å². The summed E-state index contributed by atoms with van der Waals surface area (Å²) in [5.74, 6) is 0.510. The minimum Gasteiger partial charge on any atom is -0.393 e. The molecule has 0 saturated carbocycles. The Bertz CT molecular complexity index is 83.3. The summed E-state index contributed by atoms with van der Waals surface area (Å²) in [6.45, 7) is 6.00. The summed E-state index contributed by atoms with van der Waals surface area (Å²) in [7, 11) is 0. The molecule has 10 heavy (non-hydrogen) atoms. The van der Waals surface area contributed by atoms with Gasteiger partial charge in [0, 0.05) is 5.38 Å². The Morgan fingerprint density at radius 1 is 1.40 bits per heavy atom. The molecule has 0 aromatic carbocycles. The Balaban J connectivity index is 3.50. The fourth-order valence-electron chi connectivity index (χ4n) is 0.814. The molecule has 0 heterocycles. The van der Waals surface area contributed by atoms with Crippen molar-refractivity contribution in [2.45, 2.75) is 45.1 Å². The first-order valence-electron chi connectivity index (χ1n) is 3.90. The van der Waals surface area contributed by atoms with Gasteiger partial charge in [0.15, 0.2) is 0 Å². The van der Waals surface area contributed by atoms with Crippen LogP contribution in [0.1, 0.15) is 33.6 Å². The number of aliphatic hydroxyl groups is 1. The summed E-state index contributed by atoms with van der Waals surface area (Å²) in [5.41, 5.74) is 0. The van der Waals surface area contributed by atoms with Gasteiger partial charge >= 0.3 is 0 Å². The lowest BCUT2D eigenvalue weighted by Gasteiger charge is -2.16. The van der Waals surface area contributed by atoms with E-state index in [4.69, 9.17) is 16.7 Å². The average molecular weight is 165 g/mol. The zero-order valence-electron chi connectivity index (χ0n) is 6.97. The number of aliphatic hydroxyl groups excluding tert-OH is 1. The molecule has 0 aliphatic rings. The molecular weight excluding hydrogens is 148 g/mol. The van der Waals surface area contributed by atoms with Crippen molar-refractivity contribution in [1.29, 1.82) is 0 Å². The van der Waals surface area contributed by atoms with E-state index < -0.39 is 0 Å². The zero-order valence-corrected chi connectivity index (χ0v) is 7.73. The number of hydrogen-bond donors (Lipinski definition) is 1. The first-order chi connectivity index (χ1) is 4.57. The van der Waals surface area contributed by atoms with Gasteiger partial charge in [-0.15, -0.1) is 11.6 Å². The first kappa shape index (κ1) is 10.2. The highest BCUT2D eigenvalue weighted by Gasteiger charge is 2.14. The van der Waals surface area contributed by atoms with Crippen LogP contribution in [0.4, 0.5) is 0 Å². The summed E-state index contributed by atoms with van der Waals surface area (Å²) in [5, 5.41) is 9.11. The van der Waals surface area contributed by atoms with Crippen LogP contribution in [-0.4, -0.2) is 16.6 Å². The lowest BCUT2D eigenvalue weighted by atomic mass is 10.0. The van der Waals surface area contributed by atoms with Gasteiger partial charge in [0.2, 0.25) is 0 Å². The van der Waals surface area contributed by atoms with Crippen LogP contribution in [0.5, 0.6) is 0 Å². The van der Waals surface area contributed by atoms with E-state index in [0.717, 1.165) is 6.42 Å². The van der Waals surface area contributed by atoms with Gasteiger partial charge in [0.25, 0.3) is 0 Å². The van der Waals surface area contributed by atoms with Crippen molar-refractivity contribution < 1.29 is 5.11 Å². The maximum atomic E-state index is 8.98. The smallest absolute Gasteiger partial charge is 0.0526 e. The van der Waals surface area contributed by atoms with E-state index in [1.54, 1.807) is 6.92 Å². The molecule has 0 fully saturated rings. The molecule has 0 aromatic rings. The van der Waals surface area contributed by atoms with Crippen LogP contribution < -0.4 is 0 Å². The Labute approximate surface area is 68.4 Å². The van der Waals surface area contributed by atoms with Gasteiger partial charge in [-0.2, -0.15) is 0 Å². The molecule has 0 saturated heterocycles. The van der Waals surface area contributed by atoms with Crippen molar-refractivity contribution in [3.63, 3.8) is 0 Å². The molecule has 0 rings (SSSR count). The molecule has 0 bridgehead atoms. The lowest BCUT2D eigenvalue weighted by molar-refractivity contribution is 0.176. The minimum absolute atomic E-state index is 0.130. The summed E-state index contributed by atoms with van der Waals surface area (Å²) >= 11 is 5.97. The molecular formula is C8H17ClO. The van der Waals surface area contributed by atoms with Gasteiger partial charge in [-0.05, 0) is 19.3 Å². The van der Waals surface area contributed by atoms with E-state index in [1.165, 1.54) is 0 Å². The highest BCUT2D eigenvalue weighted by molar-refractivity contribution is 6.20. The third-order valence-corrected chi connectivity index (χ3v) is 2.44. The molecule has 0 aliphatic heterocycles. The van der Waals surface area contributed by atoms with E-state index in [2.05, 4.69) is 13.8 Å². The molecule has 1 nitrogen and oxygen atoms in total. The van der Waals surface area contributed by atoms with Gasteiger partial charge in [0.05, 0.1) is 6.10 Å². The molecule has 0 radical (unpaired) electrons. The predicted octanol–water partition coefficient (Wildman–Crippen LogP) is 2.41. The van der Waals surface area contributed by atoms with Gasteiger partial charge in [0.1, 0.15) is 0 Å². The predicted molar refractivity (Wildman–Crippen MR) is 45.4 cm³/mol. The Morgan fingerprint density at radius 3 is 2.20 bits per heavy atom. The normalized spacial score (nSPS) is 20.1. The van der Waals surface area contributed by atoms with Crippen LogP contribution in [0.15, 0.2) is 0 Å². The largest absolute Gasteiger partial charge is 0.393 e. The second kappa shape index (κ2) is 4.97. The molecule has 1 N–H and O–H groups in total. The second-order valence-electron chi connectivity index (χ2n) is 2.99. The summed E-state index contributed by atoms with van der Waals surface area (Å²) in [6.07, 6.45) is 1.52. The maximum Gasteiger partial charge on any atom is 0.0526 e. The Kier molecular flexibility index (Phi) is 5.10. The second-order valence-corrected chi connectivity index (χ2v) is 3.55. The molecule has 3 atom stereocenters. The third kappa shape index (κ3) is 4.13. The van der Waals surface area contributed by atoms with Crippen molar-refractivity contribution in [1.82, 2.24) is 0 Å². The third-order valence-electron chi connectivity index (χ3n) is 1.83. The molecule has 0 aliphatic carbocycles. The molecule has 0 aromatic heterocycles. The fourth-order valence-corrected chi connectivity index (χ4v) is 1.25. The molecule has 0 amide bonds. The zero-order chi connectivity index (χ0) is 8.15. The average Bonchev–Trinajstić information content (AvgIpc) is 1.85. The SMILES string of the molecule is CCC(C)[C@H](Cl)CC(C)O. The van der Waals surface area contributed by atoms with Crippen LogP contribution in [0.2, 0.25) is 0 Å². The molecule has 0 spiro atoms. The fraction of sp³-hybridized carbons (Fsp3) is 1.00. The molecule has 62 valence electrons. The standard InChI is InChI=1S/C8H17ClO/c1-4-6(2)8(9)5-7(3)10/h6-8,10H,4-5H2,1-3H3/t6?,7?,8-/m1/s1. The monoisotopic (exact) mass is 164 g/mol. The Morgan fingerprint density at radius 2 is 1.90 bits per heavy atom. The van der Waals surface area contributed by atoms with Gasteiger partial charge in [-0.1, -0.05) is 20.3 Å². The van der Waals surface area contributed by atoms with Crippen molar-refractivity contribution in [3.05, 3.63) is 0 Å². The van der Waals surface area contributed by atoms with Crippen molar-refractivity contribution in [2.24, 2.45) is 5.92 Å². The first-order valence-corrected chi connectivity index (χ1v) is 4.33. The van der Waals surface area contributed by atoms with Crippen LogP contribution >= 0.6 is 11.6 Å². The van der Waals surface area contributed by atoms with E-state index in [1.807, 2.05) is 0 Å².